The van der Waals surface area contributed by atoms with E-state index in [1.807, 2.05) is 6.08 Å². The second-order valence-electron chi connectivity index (χ2n) is 20.1. The van der Waals surface area contributed by atoms with Crippen LogP contribution in [-0.4, -0.2) is 87.5 Å². The van der Waals surface area contributed by atoms with Gasteiger partial charge >= 0.3 is 0 Å². The van der Waals surface area contributed by atoms with Crippen LogP contribution in [0.15, 0.2) is 12.2 Å². The van der Waals surface area contributed by atoms with Gasteiger partial charge in [-0.2, -0.15) is 0 Å². The SMILES string of the molecule is CCCCCCCCCCCCCCC/C=C/C(O)C(COC1OC(CO)C(O)C(O)C1O)NC(=O)CCCCCCCCCCCCCCCCCCCCCCCCCCCCC. The zero-order valence-electron chi connectivity index (χ0n) is 42.8. The van der Waals surface area contributed by atoms with Crippen LogP contribution in [0.1, 0.15) is 284 Å². The van der Waals surface area contributed by atoms with Gasteiger partial charge in [-0.05, 0) is 19.3 Å². The van der Waals surface area contributed by atoms with E-state index in [1.54, 1.807) is 6.08 Å². The lowest BCUT2D eigenvalue weighted by Crippen LogP contribution is -2.60. The number of carbonyl (C=O) groups is 1. The minimum absolute atomic E-state index is 0.170. The normalized spacial score (nSPS) is 19.9. The van der Waals surface area contributed by atoms with E-state index in [2.05, 4.69) is 19.2 Å². The number of allylic oxidation sites excluding steroid dienone is 1. The highest BCUT2D eigenvalue weighted by Gasteiger charge is 2.44. The minimum atomic E-state index is -1.56. The van der Waals surface area contributed by atoms with Crippen LogP contribution in [0.3, 0.4) is 0 Å². The molecule has 0 spiro atoms. The van der Waals surface area contributed by atoms with Crippen LogP contribution < -0.4 is 5.32 Å². The van der Waals surface area contributed by atoms with Gasteiger partial charge in [-0.1, -0.05) is 270 Å². The van der Waals surface area contributed by atoms with Crippen molar-refractivity contribution in [3.05, 3.63) is 12.2 Å². The molecule has 0 aromatic rings. The number of nitrogens with one attached hydrogen (secondary N) is 1. The molecule has 0 aromatic heterocycles. The summed E-state index contributed by atoms with van der Waals surface area (Å²) in [6.45, 7) is 3.81. The molecule has 1 heterocycles. The molecule has 1 fully saturated rings. The first-order chi connectivity index (χ1) is 31.8. The van der Waals surface area contributed by atoms with Crippen molar-refractivity contribution in [2.45, 2.75) is 326 Å². The molecule has 0 saturated carbocycles. The fourth-order valence-electron chi connectivity index (χ4n) is 9.34. The maximum atomic E-state index is 13.0. The fourth-order valence-corrected chi connectivity index (χ4v) is 9.34. The van der Waals surface area contributed by atoms with E-state index in [4.69, 9.17) is 9.47 Å². The molecule has 1 amide bonds. The van der Waals surface area contributed by atoms with Gasteiger partial charge in [0, 0.05) is 6.42 Å². The van der Waals surface area contributed by atoms with Crippen LogP contribution in [0.25, 0.3) is 0 Å². The van der Waals surface area contributed by atoms with Crippen molar-refractivity contribution >= 4 is 5.91 Å². The van der Waals surface area contributed by atoms with Crippen molar-refractivity contribution in [3.63, 3.8) is 0 Å². The van der Waals surface area contributed by atoms with Crippen LogP contribution in [0.2, 0.25) is 0 Å². The van der Waals surface area contributed by atoms with Crippen molar-refractivity contribution in [3.8, 4) is 0 Å². The number of carbonyl (C=O) groups excluding carboxylic acids is 1. The van der Waals surface area contributed by atoms with E-state index in [-0.39, 0.29) is 12.5 Å². The Morgan fingerprint density at radius 3 is 1.20 bits per heavy atom. The molecule has 0 aliphatic carbocycles. The predicted molar refractivity (Wildman–Crippen MR) is 272 cm³/mol. The smallest absolute Gasteiger partial charge is 0.220 e. The Morgan fingerprint density at radius 1 is 0.508 bits per heavy atom. The molecule has 6 N–H and O–H groups in total. The molecular formula is C56H109NO8. The summed E-state index contributed by atoms with van der Waals surface area (Å²) >= 11 is 0. The summed E-state index contributed by atoms with van der Waals surface area (Å²) in [5, 5.41) is 54.4. The lowest BCUT2D eigenvalue weighted by molar-refractivity contribution is -0.302. The average molecular weight is 924 g/mol. The van der Waals surface area contributed by atoms with Gasteiger partial charge in [-0.15, -0.1) is 0 Å². The van der Waals surface area contributed by atoms with Gasteiger partial charge in [-0.25, -0.2) is 0 Å². The number of amides is 1. The van der Waals surface area contributed by atoms with Crippen molar-refractivity contribution in [1.29, 1.82) is 0 Å². The highest BCUT2D eigenvalue weighted by atomic mass is 16.7. The van der Waals surface area contributed by atoms with Crippen LogP contribution in [0.5, 0.6) is 0 Å². The summed E-state index contributed by atoms with van der Waals surface area (Å²) in [4.78, 5) is 13.0. The molecule has 7 unspecified atom stereocenters. The first-order valence-electron chi connectivity index (χ1n) is 28.4. The molecule has 9 nitrogen and oxygen atoms in total. The molecule has 65 heavy (non-hydrogen) atoms. The largest absolute Gasteiger partial charge is 0.394 e. The fraction of sp³-hybridized carbons (Fsp3) is 0.946. The number of unbranched alkanes of at least 4 members (excludes halogenated alkanes) is 39. The van der Waals surface area contributed by atoms with Crippen LogP contribution >= 0.6 is 0 Å². The van der Waals surface area contributed by atoms with Gasteiger partial charge < -0.3 is 40.3 Å². The molecule has 386 valence electrons. The average Bonchev–Trinajstić information content (AvgIpc) is 3.31. The van der Waals surface area contributed by atoms with Crippen LogP contribution in [0, 0.1) is 0 Å². The van der Waals surface area contributed by atoms with E-state index in [0.717, 1.165) is 38.5 Å². The number of rotatable bonds is 49. The molecule has 1 aliphatic heterocycles. The van der Waals surface area contributed by atoms with Gasteiger partial charge in [0.15, 0.2) is 6.29 Å². The molecular weight excluding hydrogens is 815 g/mol. The minimum Gasteiger partial charge on any atom is -0.394 e. The van der Waals surface area contributed by atoms with Gasteiger partial charge in [0.2, 0.25) is 5.91 Å². The van der Waals surface area contributed by atoms with Crippen molar-refractivity contribution in [2.75, 3.05) is 13.2 Å². The van der Waals surface area contributed by atoms with Crippen molar-refractivity contribution < 1.29 is 39.8 Å². The van der Waals surface area contributed by atoms with E-state index in [0.29, 0.717) is 6.42 Å². The van der Waals surface area contributed by atoms with Crippen molar-refractivity contribution in [2.24, 2.45) is 0 Å². The molecule has 0 radical (unpaired) electrons. The zero-order chi connectivity index (χ0) is 47.3. The first kappa shape index (κ1) is 61.9. The Morgan fingerprint density at radius 2 is 0.846 bits per heavy atom. The Balaban J connectivity index is 2.17. The molecule has 1 aliphatic rings. The standard InChI is InChI=1S/C56H109NO8/c1-3-5-7-9-11-13-15-17-19-20-21-22-23-24-25-26-27-28-29-30-32-34-36-38-40-42-44-46-52(60)57-49(48-64-56-55(63)54(62)53(61)51(47-58)65-56)50(59)45-43-41-39-37-35-33-31-18-16-14-12-10-8-6-4-2/h43,45,49-51,53-56,58-59,61-63H,3-42,44,46-48H2,1-2H3,(H,57,60)/b45-43+. The number of hydrogen-bond donors (Lipinski definition) is 6. The summed E-state index contributed by atoms with van der Waals surface area (Å²) < 4.78 is 11.3. The van der Waals surface area contributed by atoms with E-state index in [9.17, 15) is 30.3 Å². The third-order valence-corrected chi connectivity index (χ3v) is 13.9. The summed E-state index contributed by atoms with van der Waals surface area (Å²) in [7, 11) is 0. The maximum Gasteiger partial charge on any atom is 0.220 e. The highest BCUT2D eigenvalue weighted by Crippen LogP contribution is 2.23. The predicted octanol–water partition coefficient (Wildman–Crippen LogP) is 13.6. The van der Waals surface area contributed by atoms with E-state index in [1.165, 1.54) is 225 Å². The Labute approximate surface area is 401 Å². The zero-order valence-corrected chi connectivity index (χ0v) is 42.8. The Kier molecular flexibility index (Phi) is 44.5. The van der Waals surface area contributed by atoms with Crippen LogP contribution in [0.4, 0.5) is 0 Å². The molecule has 0 bridgehead atoms. The molecule has 0 aromatic carbocycles. The van der Waals surface area contributed by atoms with Gasteiger partial charge in [0.05, 0.1) is 25.4 Å². The highest BCUT2D eigenvalue weighted by molar-refractivity contribution is 5.76. The third kappa shape index (κ3) is 36.6. The first-order valence-corrected chi connectivity index (χ1v) is 28.4. The summed E-state index contributed by atoms with van der Waals surface area (Å²) in [6.07, 6.45) is 49.9. The summed E-state index contributed by atoms with van der Waals surface area (Å²) in [5.74, 6) is -0.170. The lowest BCUT2D eigenvalue weighted by Gasteiger charge is -2.40. The second-order valence-corrected chi connectivity index (χ2v) is 20.1. The monoisotopic (exact) mass is 924 g/mol. The third-order valence-electron chi connectivity index (χ3n) is 13.9. The van der Waals surface area contributed by atoms with E-state index < -0.39 is 49.5 Å². The quantitative estimate of drug-likeness (QED) is 0.0261. The Hall–Kier alpha value is -1.07. The summed E-state index contributed by atoms with van der Waals surface area (Å²) in [6, 6.07) is -0.799. The molecule has 1 rings (SSSR count). The van der Waals surface area contributed by atoms with Gasteiger partial charge in [-0.3, -0.25) is 4.79 Å². The van der Waals surface area contributed by atoms with Crippen molar-refractivity contribution in [1.82, 2.24) is 5.32 Å². The second kappa shape index (κ2) is 46.6. The number of aliphatic hydroxyl groups excluding tert-OH is 5. The number of hydrogen-bond acceptors (Lipinski definition) is 8. The molecule has 1 saturated heterocycles. The Bertz CT molecular complexity index is 1030. The number of ether oxygens (including phenoxy) is 2. The van der Waals surface area contributed by atoms with Gasteiger partial charge in [0.1, 0.15) is 24.4 Å². The van der Waals surface area contributed by atoms with Crippen LogP contribution in [-0.2, 0) is 14.3 Å². The van der Waals surface area contributed by atoms with Gasteiger partial charge in [0.25, 0.3) is 0 Å². The lowest BCUT2D eigenvalue weighted by atomic mass is 9.99. The maximum absolute atomic E-state index is 13.0. The summed E-state index contributed by atoms with van der Waals surface area (Å²) in [5.41, 5.74) is 0. The molecule has 7 atom stereocenters. The van der Waals surface area contributed by atoms with E-state index >= 15 is 0 Å². The molecule has 9 heteroatoms. The topological polar surface area (TPSA) is 149 Å². The number of aliphatic hydroxyl groups is 5.